The summed E-state index contributed by atoms with van der Waals surface area (Å²) >= 11 is 0. The summed E-state index contributed by atoms with van der Waals surface area (Å²) in [6.07, 6.45) is 1.73. The summed E-state index contributed by atoms with van der Waals surface area (Å²) in [5.41, 5.74) is 1.91. The predicted molar refractivity (Wildman–Crippen MR) is 95.4 cm³/mol. The van der Waals surface area contributed by atoms with Crippen LogP contribution in [-0.4, -0.2) is 43.5 Å². The van der Waals surface area contributed by atoms with Crippen molar-refractivity contribution in [2.24, 2.45) is 0 Å². The van der Waals surface area contributed by atoms with Crippen LogP contribution < -0.4 is 20.1 Å². The minimum absolute atomic E-state index is 0. The number of rotatable bonds is 7. The Bertz CT molecular complexity index is 688. The summed E-state index contributed by atoms with van der Waals surface area (Å²) in [5, 5.41) is 10.0. The van der Waals surface area contributed by atoms with E-state index >= 15 is 0 Å². The molecule has 0 saturated carbocycles. The Labute approximate surface area is 147 Å². The van der Waals surface area contributed by atoms with Crippen molar-refractivity contribution in [3.8, 4) is 11.5 Å². The minimum Gasteiger partial charge on any atom is -0.493 e. The van der Waals surface area contributed by atoms with Crippen molar-refractivity contribution in [1.82, 2.24) is 15.1 Å². The van der Waals surface area contributed by atoms with Gasteiger partial charge in [-0.3, -0.25) is 4.79 Å². The molecule has 0 unspecified atom stereocenters. The fraction of sp³-hybridized carbons (Fsp3) is 0.375. The Hall–Kier alpha value is -2.25. The van der Waals surface area contributed by atoms with Gasteiger partial charge in [0.2, 0.25) is 5.91 Å². The molecule has 0 bridgehead atoms. The molecular weight excluding hydrogens is 332 g/mol. The second-order valence-electron chi connectivity index (χ2n) is 5.10. The number of methoxy groups -OCH3 is 2. The van der Waals surface area contributed by atoms with Crippen LogP contribution in [0.1, 0.15) is 11.1 Å². The van der Waals surface area contributed by atoms with Gasteiger partial charge in [0.1, 0.15) is 5.82 Å². The lowest BCUT2D eigenvalue weighted by atomic mass is 10.2. The first-order valence-electron chi connectivity index (χ1n) is 7.26. The number of nitrogens with one attached hydrogen (secondary N) is 2. The van der Waals surface area contributed by atoms with E-state index in [1.54, 1.807) is 32.1 Å². The van der Waals surface area contributed by atoms with E-state index in [4.69, 9.17) is 9.47 Å². The van der Waals surface area contributed by atoms with E-state index in [-0.39, 0.29) is 24.9 Å². The quantitative estimate of drug-likeness (QED) is 0.793. The number of likely N-dealkylation sites (N-methyl/N-ethyl adjacent to an activating group) is 1. The monoisotopic (exact) mass is 354 g/mol. The maximum atomic E-state index is 11.8. The summed E-state index contributed by atoms with van der Waals surface area (Å²) in [7, 11) is 4.93. The molecule has 8 heteroatoms. The Morgan fingerprint density at radius 1 is 1.25 bits per heavy atom. The van der Waals surface area contributed by atoms with Gasteiger partial charge >= 0.3 is 0 Å². The number of halogens is 1. The van der Waals surface area contributed by atoms with Crippen LogP contribution in [0.5, 0.6) is 11.5 Å². The van der Waals surface area contributed by atoms with Gasteiger partial charge in [-0.15, -0.1) is 12.4 Å². The van der Waals surface area contributed by atoms with Gasteiger partial charge in [0.15, 0.2) is 11.5 Å². The van der Waals surface area contributed by atoms with Crippen molar-refractivity contribution in [3.63, 3.8) is 0 Å². The number of benzene rings is 1. The average molecular weight is 355 g/mol. The molecular formula is C16H23ClN4O3. The highest BCUT2D eigenvalue weighted by molar-refractivity contribution is 5.92. The standard InChI is InChI=1S/C16H22N4O3.ClH/c1-11-8-18-20(16(11)19-15(21)9-17-2)10-12-5-6-13(22-3)14(7-12)23-4;/h5-8,17H,9-10H2,1-4H3,(H,19,21);1H. The molecule has 24 heavy (non-hydrogen) atoms. The van der Waals surface area contributed by atoms with E-state index in [0.717, 1.165) is 11.1 Å². The number of hydrogen-bond donors (Lipinski definition) is 2. The number of carbonyl (C=O) groups is 1. The predicted octanol–water partition coefficient (Wildman–Crippen LogP) is 1.84. The van der Waals surface area contributed by atoms with Crippen molar-refractivity contribution >= 4 is 24.1 Å². The summed E-state index contributed by atoms with van der Waals surface area (Å²) in [5.74, 6) is 1.93. The van der Waals surface area contributed by atoms with Crippen LogP contribution in [0.15, 0.2) is 24.4 Å². The molecule has 0 atom stereocenters. The Morgan fingerprint density at radius 2 is 1.96 bits per heavy atom. The maximum Gasteiger partial charge on any atom is 0.239 e. The number of ether oxygens (including phenoxy) is 2. The molecule has 2 N–H and O–H groups in total. The van der Waals surface area contributed by atoms with Crippen LogP contribution in [0.25, 0.3) is 0 Å². The third-order valence-electron chi connectivity index (χ3n) is 3.40. The smallest absolute Gasteiger partial charge is 0.239 e. The Morgan fingerprint density at radius 3 is 2.58 bits per heavy atom. The van der Waals surface area contributed by atoms with Crippen molar-refractivity contribution in [2.75, 3.05) is 33.1 Å². The van der Waals surface area contributed by atoms with Crippen LogP contribution >= 0.6 is 12.4 Å². The number of anilines is 1. The Kier molecular flexibility index (Phi) is 7.54. The third-order valence-corrected chi connectivity index (χ3v) is 3.40. The number of amides is 1. The molecule has 0 aliphatic carbocycles. The zero-order valence-electron chi connectivity index (χ0n) is 14.3. The van der Waals surface area contributed by atoms with Crippen molar-refractivity contribution in [2.45, 2.75) is 13.5 Å². The first-order valence-corrected chi connectivity index (χ1v) is 7.26. The molecule has 1 aromatic carbocycles. The van der Waals surface area contributed by atoms with E-state index in [1.165, 1.54) is 0 Å². The van der Waals surface area contributed by atoms with Crippen LogP contribution in [0, 0.1) is 6.92 Å². The number of carbonyl (C=O) groups excluding carboxylic acids is 1. The van der Waals surface area contributed by atoms with Crippen molar-refractivity contribution in [3.05, 3.63) is 35.5 Å². The van der Waals surface area contributed by atoms with Gasteiger partial charge in [-0.1, -0.05) is 6.07 Å². The number of nitrogens with zero attached hydrogens (tertiary/aromatic N) is 2. The van der Waals surface area contributed by atoms with E-state index < -0.39 is 0 Å². The normalized spacial score (nSPS) is 10.0. The van der Waals surface area contributed by atoms with Gasteiger partial charge in [-0.25, -0.2) is 4.68 Å². The van der Waals surface area contributed by atoms with Crippen LogP contribution in [0.3, 0.4) is 0 Å². The van der Waals surface area contributed by atoms with E-state index in [9.17, 15) is 4.79 Å². The Balaban J connectivity index is 0.00000288. The molecule has 0 saturated heterocycles. The second-order valence-corrected chi connectivity index (χ2v) is 5.10. The summed E-state index contributed by atoms with van der Waals surface area (Å²) in [6.45, 7) is 2.68. The summed E-state index contributed by atoms with van der Waals surface area (Å²) in [6, 6.07) is 5.69. The average Bonchev–Trinajstić information content (AvgIpc) is 2.88. The second kappa shape index (κ2) is 9.14. The van der Waals surface area contributed by atoms with E-state index in [1.807, 2.05) is 25.1 Å². The molecule has 1 aromatic heterocycles. The lowest BCUT2D eigenvalue weighted by molar-refractivity contribution is -0.115. The van der Waals surface area contributed by atoms with Crippen LogP contribution in [-0.2, 0) is 11.3 Å². The van der Waals surface area contributed by atoms with Gasteiger partial charge in [0.25, 0.3) is 0 Å². The molecule has 1 heterocycles. The molecule has 0 fully saturated rings. The minimum atomic E-state index is -0.107. The zero-order chi connectivity index (χ0) is 16.8. The van der Waals surface area contributed by atoms with Crippen molar-refractivity contribution in [1.29, 1.82) is 0 Å². The lowest BCUT2D eigenvalue weighted by Gasteiger charge is -2.12. The van der Waals surface area contributed by atoms with Crippen molar-refractivity contribution < 1.29 is 14.3 Å². The van der Waals surface area contributed by atoms with Crippen LogP contribution in [0.4, 0.5) is 5.82 Å². The maximum absolute atomic E-state index is 11.8. The molecule has 0 spiro atoms. The van der Waals surface area contributed by atoms with Gasteiger partial charge < -0.3 is 20.1 Å². The number of aromatic nitrogens is 2. The molecule has 2 aromatic rings. The first kappa shape index (κ1) is 19.8. The molecule has 7 nitrogen and oxygen atoms in total. The number of aryl methyl sites for hydroxylation is 1. The zero-order valence-corrected chi connectivity index (χ0v) is 15.1. The SMILES string of the molecule is CNCC(=O)Nc1c(C)cnn1Cc1ccc(OC)c(OC)c1.Cl. The highest BCUT2D eigenvalue weighted by Gasteiger charge is 2.12. The third kappa shape index (κ3) is 4.62. The summed E-state index contributed by atoms with van der Waals surface area (Å²) in [4.78, 5) is 11.8. The van der Waals surface area contributed by atoms with Gasteiger partial charge in [0, 0.05) is 5.56 Å². The molecule has 0 aliphatic rings. The summed E-state index contributed by atoms with van der Waals surface area (Å²) < 4.78 is 12.3. The largest absolute Gasteiger partial charge is 0.493 e. The van der Waals surface area contributed by atoms with Gasteiger partial charge in [0.05, 0.1) is 33.5 Å². The number of hydrogen-bond acceptors (Lipinski definition) is 5. The molecule has 1 amide bonds. The fourth-order valence-corrected chi connectivity index (χ4v) is 2.25. The van der Waals surface area contributed by atoms with E-state index in [2.05, 4.69) is 15.7 Å². The van der Waals surface area contributed by atoms with E-state index in [0.29, 0.717) is 23.9 Å². The lowest BCUT2D eigenvalue weighted by Crippen LogP contribution is -2.26. The molecule has 0 radical (unpaired) electrons. The fourth-order valence-electron chi connectivity index (χ4n) is 2.25. The van der Waals surface area contributed by atoms with Gasteiger partial charge in [-0.05, 0) is 31.7 Å². The van der Waals surface area contributed by atoms with Gasteiger partial charge in [-0.2, -0.15) is 5.10 Å². The topological polar surface area (TPSA) is 77.4 Å². The highest BCUT2D eigenvalue weighted by atomic mass is 35.5. The molecule has 132 valence electrons. The highest BCUT2D eigenvalue weighted by Crippen LogP contribution is 2.28. The molecule has 2 rings (SSSR count). The molecule has 0 aliphatic heterocycles. The van der Waals surface area contributed by atoms with Crippen LogP contribution in [0.2, 0.25) is 0 Å². The first-order chi connectivity index (χ1) is 11.1.